The van der Waals surface area contributed by atoms with Gasteiger partial charge in [0.25, 0.3) is 0 Å². The van der Waals surface area contributed by atoms with Crippen LogP contribution < -0.4 is 10.2 Å². The summed E-state index contributed by atoms with van der Waals surface area (Å²) >= 11 is 14.3. The van der Waals surface area contributed by atoms with Crippen LogP contribution in [-0.2, 0) is 22.4 Å². The number of benzene rings is 1. The molecule has 7 heteroatoms. The number of anilines is 1. The molecular weight excluding hydrogens is 415 g/mol. The van der Waals surface area contributed by atoms with Crippen LogP contribution in [0.1, 0.15) is 47.4 Å². The lowest BCUT2D eigenvalue weighted by Crippen LogP contribution is -3.14. The summed E-state index contributed by atoms with van der Waals surface area (Å²) in [5, 5.41) is 5.25. The number of amides is 1. The molecule has 1 fully saturated rings. The van der Waals surface area contributed by atoms with E-state index >= 15 is 0 Å². The van der Waals surface area contributed by atoms with Gasteiger partial charge in [0.15, 0.2) is 0 Å². The number of aryl methyl sites for hydroxylation is 1. The van der Waals surface area contributed by atoms with E-state index in [1.165, 1.54) is 33.7 Å². The zero-order valence-corrected chi connectivity index (χ0v) is 18.3. The molecule has 1 unspecified atom stereocenters. The molecule has 0 radical (unpaired) electrons. The third kappa shape index (κ3) is 4.10. The molecule has 2 aromatic rings. The average Bonchev–Trinajstić information content (AvgIpc) is 3.03. The highest BCUT2D eigenvalue weighted by molar-refractivity contribution is 7.16. The Kier molecular flexibility index (Phi) is 6.28. The van der Waals surface area contributed by atoms with E-state index in [1.54, 1.807) is 18.3 Å². The van der Waals surface area contributed by atoms with Crippen molar-refractivity contribution < 1.29 is 14.4 Å². The van der Waals surface area contributed by atoms with Gasteiger partial charge in [0, 0.05) is 17.4 Å². The maximum Gasteiger partial charge on any atom is 0.221 e. The second-order valence-electron chi connectivity index (χ2n) is 7.51. The summed E-state index contributed by atoms with van der Waals surface area (Å²) in [5.41, 5.74) is 3.84. The van der Waals surface area contributed by atoms with Gasteiger partial charge in [0.05, 0.1) is 28.8 Å². The SMILES string of the molecule is CC(=O)Nc1sc2c(c1C(c1ccc(Cl)c(Cl)c1)[NH+]1CCOCC1)CCCC2. The number of fused-ring (bicyclic) bond motifs is 1. The molecule has 1 saturated heterocycles. The number of hydrogen-bond acceptors (Lipinski definition) is 3. The summed E-state index contributed by atoms with van der Waals surface area (Å²) in [5.74, 6) is -0.0234. The molecule has 2 N–H and O–H groups in total. The molecule has 2 aliphatic rings. The molecule has 1 aromatic carbocycles. The Morgan fingerprint density at radius 1 is 1.18 bits per heavy atom. The lowest BCUT2D eigenvalue weighted by molar-refractivity contribution is -0.933. The molecule has 4 nitrogen and oxygen atoms in total. The first kappa shape index (κ1) is 20.2. The summed E-state index contributed by atoms with van der Waals surface area (Å²) in [6, 6.07) is 6.05. The zero-order chi connectivity index (χ0) is 19.7. The third-order valence-corrected chi connectivity index (χ3v) is 7.57. The van der Waals surface area contributed by atoms with Crippen LogP contribution in [0.3, 0.4) is 0 Å². The fraction of sp³-hybridized carbons (Fsp3) is 0.476. The summed E-state index contributed by atoms with van der Waals surface area (Å²) in [7, 11) is 0. The maximum atomic E-state index is 11.9. The first-order chi connectivity index (χ1) is 13.5. The Hall–Kier alpha value is -1.11. The highest BCUT2D eigenvalue weighted by Crippen LogP contribution is 2.43. The molecule has 1 aliphatic carbocycles. The fourth-order valence-corrected chi connectivity index (χ4v) is 6.05. The van der Waals surface area contributed by atoms with Gasteiger partial charge in [-0.1, -0.05) is 29.3 Å². The van der Waals surface area contributed by atoms with E-state index in [0.717, 1.165) is 49.7 Å². The lowest BCUT2D eigenvalue weighted by atomic mass is 9.88. The second kappa shape index (κ2) is 8.72. The molecular formula is C21H25Cl2N2O2S+. The molecule has 1 aliphatic heterocycles. The number of thiophene rings is 1. The lowest BCUT2D eigenvalue weighted by Gasteiger charge is -2.33. The maximum absolute atomic E-state index is 11.9. The van der Waals surface area contributed by atoms with Crippen LogP contribution in [0.4, 0.5) is 5.00 Å². The van der Waals surface area contributed by atoms with E-state index in [0.29, 0.717) is 10.0 Å². The zero-order valence-electron chi connectivity index (χ0n) is 15.9. The number of carbonyl (C=O) groups is 1. The van der Waals surface area contributed by atoms with Gasteiger partial charge in [-0.15, -0.1) is 11.3 Å². The van der Waals surface area contributed by atoms with E-state index in [1.807, 2.05) is 12.1 Å². The Balaban J connectivity index is 1.87. The molecule has 150 valence electrons. The smallest absolute Gasteiger partial charge is 0.221 e. The monoisotopic (exact) mass is 439 g/mol. The highest BCUT2D eigenvalue weighted by atomic mass is 35.5. The molecule has 28 heavy (non-hydrogen) atoms. The first-order valence-corrected chi connectivity index (χ1v) is 11.4. The molecule has 1 atom stereocenters. The number of hydrogen-bond donors (Lipinski definition) is 2. The van der Waals surface area contributed by atoms with Gasteiger partial charge in [-0.25, -0.2) is 0 Å². The van der Waals surface area contributed by atoms with Crippen molar-refractivity contribution >= 4 is 45.4 Å². The van der Waals surface area contributed by atoms with Crippen molar-refractivity contribution in [1.82, 2.24) is 0 Å². The third-order valence-electron chi connectivity index (χ3n) is 5.61. The molecule has 0 bridgehead atoms. The van der Waals surface area contributed by atoms with Crippen molar-refractivity contribution in [2.75, 3.05) is 31.6 Å². The summed E-state index contributed by atoms with van der Waals surface area (Å²) in [6.45, 7) is 4.92. The van der Waals surface area contributed by atoms with Crippen molar-refractivity contribution in [3.63, 3.8) is 0 Å². The van der Waals surface area contributed by atoms with Crippen molar-refractivity contribution in [1.29, 1.82) is 0 Å². The number of carbonyl (C=O) groups excluding carboxylic acids is 1. The Labute approximate surface area is 179 Å². The van der Waals surface area contributed by atoms with Gasteiger partial charge in [-0.3, -0.25) is 4.79 Å². The Morgan fingerprint density at radius 2 is 1.93 bits per heavy atom. The molecule has 4 rings (SSSR count). The van der Waals surface area contributed by atoms with Gasteiger partial charge in [-0.2, -0.15) is 0 Å². The number of nitrogens with one attached hydrogen (secondary N) is 2. The number of morpholine rings is 1. The minimum atomic E-state index is -0.0234. The van der Waals surface area contributed by atoms with Crippen molar-refractivity contribution in [2.45, 2.75) is 38.6 Å². The summed E-state index contributed by atoms with van der Waals surface area (Å²) < 4.78 is 5.62. The second-order valence-corrected chi connectivity index (χ2v) is 9.43. The quantitative estimate of drug-likeness (QED) is 0.758. The van der Waals surface area contributed by atoms with Crippen LogP contribution in [0, 0.1) is 0 Å². The largest absolute Gasteiger partial charge is 0.370 e. The number of rotatable bonds is 4. The van der Waals surface area contributed by atoms with E-state index < -0.39 is 0 Å². The predicted molar refractivity (Wildman–Crippen MR) is 115 cm³/mol. The van der Waals surface area contributed by atoms with E-state index in [9.17, 15) is 4.79 Å². The molecule has 1 aromatic heterocycles. The van der Waals surface area contributed by atoms with Crippen LogP contribution in [0.25, 0.3) is 0 Å². The predicted octanol–water partition coefficient (Wildman–Crippen LogP) is 3.90. The minimum Gasteiger partial charge on any atom is -0.370 e. The molecule has 1 amide bonds. The van der Waals surface area contributed by atoms with Crippen molar-refractivity contribution in [3.05, 3.63) is 49.8 Å². The number of ether oxygens (including phenoxy) is 1. The number of quaternary nitrogens is 1. The summed E-state index contributed by atoms with van der Waals surface area (Å²) in [4.78, 5) is 14.8. The minimum absolute atomic E-state index is 0.0234. The van der Waals surface area contributed by atoms with Crippen molar-refractivity contribution in [2.24, 2.45) is 0 Å². The Morgan fingerprint density at radius 3 is 2.64 bits per heavy atom. The fourth-order valence-electron chi connectivity index (χ4n) is 4.37. The standard InChI is InChI=1S/C21H24Cl2N2O2S/c1-13(26)24-21-19(15-4-2-3-5-18(15)28-21)20(25-8-10-27-11-9-25)14-6-7-16(22)17(23)12-14/h6-7,12,20H,2-5,8-11H2,1H3,(H,24,26)/p+1. The van der Waals surface area contributed by atoms with Gasteiger partial charge in [0.1, 0.15) is 24.1 Å². The highest BCUT2D eigenvalue weighted by Gasteiger charge is 2.35. The Bertz CT molecular complexity index is 878. The van der Waals surface area contributed by atoms with Gasteiger partial charge >= 0.3 is 0 Å². The topological polar surface area (TPSA) is 42.8 Å². The summed E-state index contributed by atoms with van der Waals surface area (Å²) in [6.07, 6.45) is 4.58. The van der Waals surface area contributed by atoms with Gasteiger partial charge in [0.2, 0.25) is 5.91 Å². The van der Waals surface area contributed by atoms with Crippen molar-refractivity contribution in [3.8, 4) is 0 Å². The van der Waals surface area contributed by atoms with E-state index in [-0.39, 0.29) is 11.9 Å². The van der Waals surface area contributed by atoms with Gasteiger partial charge < -0.3 is 15.0 Å². The number of halogens is 2. The molecule has 0 saturated carbocycles. The van der Waals surface area contributed by atoms with Gasteiger partial charge in [-0.05, 0) is 43.4 Å². The molecule has 2 heterocycles. The van der Waals surface area contributed by atoms with Crippen LogP contribution in [-0.4, -0.2) is 32.2 Å². The van der Waals surface area contributed by atoms with Crippen LogP contribution in [0.5, 0.6) is 0 Å². The van der Waals surface area contributed by atoms with Crippen LogP contribution >= 0.6 is 34.5 Å². The van der Waals surface area contributed by atoms with Crippen LogP contribution in [0.2, 0.25) is 10.0 Å². The van der Waals surface area contributed by atoms with Crippen LogP contribution in [0.15, 0.2) is 18.2 Å². The first-order valence-electron chi connectivity index (χ1n) is 9.84. The normalized spacial score (nSPS) is 18.5. The average molecular weight is 440 g/mol. The van der Waals surface area contributed by atoms with E-state index in [2.05, 4.69) is 11.4 Å². The molecule has 0 spiro atoms. The van der Waals surface area contributed by atoms with E-state index in [4.69, 9.17) is 27.9 Å².